The van der Waals surface area contributed by atoms with Gasteiger partial charge in [-0.25, -0.2) is 0 Å². The molecule has 1 unspecified atom stereocenters. The molecule has 0 aromatic carbocycles. The lowest BCUT2D eigenvalue weighted by molar-refractivity contribution is 1.07. The highest BCUT2D eigenvalue weighted by Gasteiger charge is 1.88. The largest absolute Gasteiger partial charge is 0.356 e. The van der Waals surface area contributed by atoms with Crippen LogP contribution in [0.5, 0.6) is 0 Å². The standard InChI is InChI=1S/C3H13NSi2/c1-2-3-6(4)5/h6H,2-4H2,1,5H3. The number of hydrogen-bond donors (Lipinski definition) is 1. The van der Waals surface area contributed by atoms with Gasteiger partial charge in [-0.1, -0.05) is 19.4 Å². The number of nitrogens with two attached hydrogens (primary N) is 1. The van der Waals surface area contributed by atoms with E-state index in [1.165, 1.54) is 22.2 Å². The molecule has 1 atom stereocenters. The van der Waals surface area contributed by atoms with Gasteiger partial charge in [-0.2, -0.15) is 0 Å². The zero-order chi connectivity index (χ0) is 4.99. The highest BCUT2D eigenvalue weighted by atomic mass is 29.2. The van der Waals surface area contributed by atoms with E-state index in [0.717, 1.165) is 0 Å². The van der Waals surface area contributed by atoms with Crippen LogP contribution in [0.1, 0.15) is 13.3 Å². The van der Waals surface area contributed by atoms with E-state index < -0.39 is 8.48 Å². The summed E-state index contributed by atoms with van der Waals surface area (Å²) in [5, 5.41) is 5.60. The fourth-order valence-corrected chi connectivity index (χ4v) is 3.10. The maximum atomic E-state index is 5.60. The summed E-state index contributed by atoms with van der Waals surface area (Å²) in [6.45, 7) is 2.20. The molecule has 6 heavy (non-hydrogen) atoms. The van der Waals surface area contributed by atoms with E-state index in [9.17, 15) is 0 Å². The molecule has 0 aliphatic carbocycles. The van der Waals surface area contributed by atoms with E-state index >= 15 is 0 Å². The summed E-state index contributed by atoms with van der Waals surface area (Å²) in [6, 6.07) is 1.35. The molecule has 3 heteroatoms. The van der Waals surface area contributed by atoms with Gasteiger partial charge in [0.2, 0.25) is 0 Å². The third-order valence-electron chi connectivity index (χ3n) is 0.744. The smallest absolute Gasteiger partial charge is 0.0850 e. The van der Waals surface area contributed by atoms with Gasteiger partial charge in [-0.05, 0) is 0 Å². The first-order valence-corrected chi connectivity index (χ1v) is 8.63. The molecule has 0 fully saturated rings. The summed E-state index contributed by atoms with van der Waals surface area (Å²) in [5.74, 6) is 0. The topological polar surface area (TPSA) is 26.0 Å². The lowest BCUT2D eigenvalue weighted by atomic mass is 10.6. The van der Waals surface area contributed by atoms with Gasteiger partial charge in [-0.3, -0.25) is 0 Å². The average molecular weight is 119 g/mol. The molecule has 0 radical (unpaired) electrons. The maximum absolute atomic E-state index is 5.60. The van der Waals surface area contributed by atoms with Crippen molar-refractivity contribution in [2.45, 2.75) is 19.4 Å². The molecule has 1 nitrogen and oxygen atoms in total. The summed E-state index contributed by atoms with van der Waals surface area (Å²) in [7, 11) is 0.764. The molecule has 38 valence electrons. The zero-order valence-electron chi connectivity index (χ0n) is 4.57. The quantitative estimate of drug-likeness (QED) is 0.461. The Kier molecular flexibility index (Phi) is 3.81. The highest BCUT2D eigenvalue weighted by molar-refractivity contribution is 7.01. The Balaban J connectivity index is 2.63. The van der Waals surface area contributed by atoms with Crippen molar-refractivity contribution in [1.29, 1.82) is 0 Å². The van der Waals surface area contributed by atoms with E-state index in [1.54, 1.807) is 0 Å². The predicted molar refractivity (Wildman–Crippen MR) is 36.4 cm³/mol. The monoisotopic (exact) mass is 119 g/mol. The van der Waals surface area contributed by atoms with Crippen LogP contribution in [0.15, 0.2) is 0 Å². The molecule has 0 heterocycles. The zero-order valence-corrected chi connectivity index (χ0v) is 7.72. The Morgan fingerprint density at radius 1 is 1.83 bits per heavy atom. The van der Waals surface area contributed by atoms with Crippen LogP contribution in [0, 0.1) is 0 Å². The Bertz CT molecular complexity index is 30.0. The molecule has 0 rings (SSSR count). The summed E-state index contributed by atoms with van der Waals surface area (Å²) >= 11 is 0. The summed E-state index contributed by atoms with van der Waals surface area (Å²) in [4.78, 5) is 0. The molecule has 0 amide bonds. The van der Waals surface area contributed by atoms with Crippen LogP contribution in [0.25, 0.3) is 0 Å². The van der Waals surface area contributed by atoms with Crippen molar-refractivity contribution in [3.8, 4) is 0 Å². The first-order valence-electron chi connectivity index (χ1n) is 2.53. The van der Waals surface area contributed by atoms with Crippen molar-refractivity contribution in [1.82, 2.24) is 0 Å². The van der Waals surface area contributed by atoms with Crippen LogP contribution < -0.4 is 5.40 Å². The normalized spacial score (nSPS) is 15.0. The van der Waals surface area contributed by atoms with E-state index in [4.69, 9.17) is 5.40 Å². The second kappa shape index (κ2) is 3.58. The minimum Gasteiger partial charge on any atom is -0.356 e. The van der Waals surface area contributed by atoms with Gasteiger partial charge >= 0.3 is 0 Å². The van der Waals surface area contributed by atoms with E-state index in [0.29, 0.717) is 0 Å². The molecule has 0 aliphatic heterocycles. The van der Waals surface area contributed by atoms with Gasteiger partial charge < -0.3 is 5.40 Å². The average Bonchev–Trinajstić information content (AvgIpc) is 1.35. The Morgan fingerprint density at radius 3 is 2.33 bits per heavy atom. The van der Waals surface area contributed by atoms with Crippen LogP contribution >= 0.6 is 0 Å². The first kappa shape index (κ1) is 6.39. The van der Waals surface area contributed by atoms with Crippen LogP contribution in [0.4, 0.5) is 0 Å². The summed E-state index contributed by atoms with van der Waals surface area (Å²) in [5.41, 5.74) is 0. The van der Waals surface area contributed by atoms with Crippen LogP contribution in [-0.4, -0.2) is 18.2 Å². The van der Waals surface area contributed by atoms with Crippen LogP contribution in [0.3, 0.4) is 0 Å². The minimum atomic E-state index is -0.532. The second-order valence-electron chi connectivity index (χ2n) is 1.77. The van der Waals surface area contributed by atoms with Crippen molar-refractivity contribution in [2.75, 3.05) is 0 Å². The Labute approximate surface area is 43.8 Å². The summed E-state index contributed by atoms with van der Waals surface area (Å²) < 4.78 is 0. The molecule has 0 spiro atoms. The third-order valence-corrected chi connectivity index (χ3v) is 3.96. The van der Waals surface area contributed by atoms with Crippen molar-refractivity contribution in [3.63, 3.8) is 0 Å². The molecular weight excluding hydrogens is 106 g/mol. The van der Waals surface area contributed by atoms with Crippen LogP contribution in [-0.2, 0) is 0 Å². The maximum Gasteiger partial charge on any atom is 0.0850 e. The molecule has 0 aliphatic rings. The van der Waals surface area contributed by atoms with Crippen molar-refractivity contribution >= 4 is 18.2 Å². The Morgan fingerprint density at radius 2 is 2.33 bits per heavy atom. The molecule has 0 saturated carbocycles. The van der Waals surface area contributed by atoms with E-state index in [2.05, 4.69) is 6.92 Å². The van der Waals surface area contributed by atoms with E-state index in [1.807, 2.05) is 0 Å². The van der Waals surface area contributed by atoms with Gasteiger partial charge in [0.25, 0.3) is 0 Å². The second-order valence-corrected chi connectivity index (χ2v) is 8.75. The molecule has 2 N–H and O–H groups in total. The fraction of sp³-hybridized carbons (Fsp3) is 1.00. The van der Waals surface area contributed by atoms with Gasteiger partial charge in [-0.15, -0.1) is 0 Å². The lowest BCUT2D eigenvalue weighted by Crippen LogP contribution is -2.24. The van der Waals surface area contributed by atoms with Gasteiger partial charge in [0, 0.05) is 9.76 Å². The lowest BCUT2D eigenvalue weighted by Gasteiger charge is -1.94. The van der Waals surface area contributed by atoms with Gasteiger partial charge in [0.1, 0.15) is 0 Å². The van der Waals surface area contributed by atoms with Gasteiger partial charge in [0.15, 0.2) is 0 Å². The molecule has 0 aromatic heterocycles. The molecular formula is C3H13NSi2. The van der Waals surface area contributed by atoms with Crippen molar-refractivity contribution < 1.29 is 0 Å². The van der Waals surface area contributed by atoms with Gasteiger partial charge in [0.05, 0.1) is 8.48 Å². The van der Waals surface area contributed by atoms with Crippen LogP contribution in [0.2, 0.25) is 6.04 Å². The third kappa shape index (κ3) is 4.39. The molecule has 0 saturated heterocycles. The molecule has 0 aromatic rings. The highest BCUT2D eigenvalue weighted by Crippen LogP contribution is 1.84. The predicted octanol–water partition coefficient (Wildman–Crippen LogP) is -1.06. The Hall–Kier alpha value is 0.394. The van der Waals surface area contributed by atoms with E-state index in [-0.39, 0.29) is 0 Å². The van der Waals surface area contributed by atoms with Crippen molar-refractivity contribution in [3.05, 3.63) is 0 Å². The molecule has 0 bridgehead atoms. The fourth-order valence-electron chi connectivity index (χ4n) is 0.455. The number of hydrogen-bond acceptors (Lipinski definition) is 1. The van der Waals surface area contributed by atoms with Crippen molar-refractivity contribution in [2.24, 2.45) is 5.40 Å². The minimum absolute atomic E-state index is 0.532. The first-order chi connectivity index (χ1) is 2.77. The summed E-state index contributed by atoms with van der Waals surface area (Å²) in [6.07, 6.45) is 1.30. The number of rotatable bonds is 2. The SMILES string of the molecule is CCC[SiH](N)[SiH3].